The SMILES string of the molecule is CCNCCNC(=O)c1cnoc1C. The number of carbonyl (C=O) groups is 1. The molecule has 0 atom stereocenters. The summed E-state index contributed by atoms with van der Waals surface area (Å²) < 4.78 is 4.79. The Bertz CT molecular complexity index is 296. The van der Waals surface area contributed by atoms with Crippen LogP contribution in [0.2, 0.25) is 0 Å². The third-order valence-electron chi connectivity index (χ3n) is 1.83. The average molecular weight is 197 g/mol. The van der Waals surface area contributed by atoms with E-state index in [4.69, 9.17) is 4.52 Å². The molecule has 0 spiro atoms. The predicted molar refractivity (Wildman–Crippen MR) is 52.1 cm³/mol. The Balaban J connectivity index is 2.32. The van der Waals surface area contributed by atoms with E-state index in [1.807, 2.05) is 6.92 Å². The molecular formula is C9H15N3O2. The highest BCUT2D eigenvalue weighted by Gasteiger charge is 2.11. The number of aromatic nitrogens is 1. The second-order valence-corrected chi connectivity index (χ2v) is 2.91. The van der Waals surface area contributed by atoms with Crippen molar-refractivity contribution < 1.29 is 9.32 Å². The summed E-state index contributed by atoms with van der Waals surface area (Å²) in [7, 11) is 0. The summed E-state index contributed by atoms with van der Waals surface area (Å²) in [4.78, 5) is 11.5. The zero-order valence-electron chi connectivity index (χ0n) is 8.46. The summed E-state index contributed by atoms with van der Waals surface area (Å²) in [5.74, 6) is 0.410. The van der Waals surface area contributed by atoms with Crippen LogP contribution >= 0.6 is 0 Å². The molecule has 0 aliphatic heterocycles. The highest BCUT2D eigenvalue weighted by atomic mass is 16.5. The minimum absolute atomic E-state index is 0.137. The molecule has 1 rings (SSSR count). The molecule has 1 heterocycles. The van der Waals surface area contributed by atoms with E-state index < -0.39 is 0 Å². The third-order valence-corrected chi connectivity index (χ3v) is 1.83. The summed E-state index contributed by atoms with van der Waals surface area (Å²) in [5, 5.41) is 9.40. The maximum atomic E-state index is 11.5. The van der Waals surface area contributed by atoms with Crippen molar-refractivity contribution in [2.24, 2.45) is 0 Å². The van der Waals surface area contributed by atoms with Gasteiger partial charge in [0.1, 0.15) is 11.3 Å². The number of nitrogens with one attached hydrogen (secondary N) is 2. The van der Waals surface area contributed by atoms with Crippen molar-refractivity contribution in [3.05, 3.63) is 17.5 Å². The molecule has 1 amide bonds. The van der Waals surface area contributed by atoms with Gasteiger partial charge in [-0.05, 0) is 13.5 Å². The van der Waals surface area contributed by atoms with E-state index in [-0.39, 0.29) is 5.91 Å². The van der Waals surface area contributed by atoms with E-state index in [9.17, 15) is 4.79 Å². The summed E-state index contributed by atoms with van der Waals surface area (Å²) in [5.41, 5.74) is 0.501. The Labute approximate surface area is 82.8 Å². The van der Waals surface area contributed by atoms with Crippen molar-refractivity contribution in [1.82, 2.24) is 15.8 Å². The molecule has 1 aromatic heterocycles. The fourth-order valence-corrected chi connectivity index (χ4v) is 1.05. The lowest BCUT2D eigenvalue weighted by Crippen LogP contribution is -2.31. The molecule has 0 fully saturated rings. The Morgan fingerprint density at radius 1 is 1.57 bits per heavy atom. The van der Waals surface area contributed by atoms with Crippen LogP contribution in [0.1, 0.15) is 23.0 Å². The molecule has 2 N–H and O–H groups in total. The first-order valence-electron chi connectivity index (χ1n) is 4.66. The van der Waals surface area contributed by atoms with Gasteiger partial charge in [-0.2, -0.15) is 0 Å². The average Bonchev–Trinajstić information content (AvgIpc) is 2.59. The number of carbonyl (C=O) groups excluding carboxylic acids is 1. The highest BCUT2D eigenvalue weighted by Crippen LogP contribution is 2.04. The fraction of sp³-hybridized carbons (Fsp3) is 0.556. The van der Waals surface area contributed by atoms with Crippen molar-refractivity contribution in [3.8, 4) is 0 Å². The van der Waals surface area contributed by atoms with Crippen LogP contribution in [0, 0.1) is 6.92 Å². The number of nitrogens with zero attached hydrogens (tertiary/aromatic N) is 1. The molecule has 0 saturated heterocycles. The van der Waals surface area contributed by atoms with Crippen molar-refractivity contribution >= 4 is 5.91 Å². The molecule has 78 valence electrons. The van der Waals surface area contributed by atoms with Crippen LogP contribution < -0.4 is 10.6 Å². The summed E-state index contributed by atoms with van der Waals surface area (Å²) in [6, 6.07) is 0. The zero-order chi connectivity index (χ0) is 10.4. The Hall–Kier alpha value is -1.36. The lowest BCUT2D eigenvalue weighted by atomic mass is 10.2. The second-order valence-electron chi connectivity index (χ2n) is 2.91. The molecule has 1 aromatic rings. The minimum Gasteiger partial charge on any atom is -0.361 e. The fourth-order valence-electron chi connectivity index (χ4n) is 1.05. The first-order valence-corrected chi connectivity index (χ1v) is 4.66. The molecule has 0 radical (unpaired) electrons. The molecule has 0 aromatic carbocycles. The van der Waals surface area contributed by atoms with Crippen LogP contribution in [0.4, 0.5) is 0 Å². The zero-order valence-corrected chi connectivity index (χ0v) is 8.46. The first-order chi connectivity index (χ1) is 6.75. The van der Waals surface area contributed by atoms with Crippen molar-refractivity contribution in [3.63, 3.8) is 0 Å². The molecule has 0 bridgehead atoms. The maximum absolute atomic E-state index is 11.5. The van der Waals surface area contributed by atoms with Crippen LogP contribution in [-0.2, 0) is 0 Å². The largest absolute Gasteiger partial charge is 0.361 e. The topological polar surface area (TPSA) is 67.2 Å². The van der Waals surface area contributed by atoms with Gasteiger partial charge in [-0.3, -0.25) is 4.79 Å². The van der Waals surface area contributed by atoms with E-state index >= 15 is 0 Å². The third kappa shape index (κ3) is 2.85. The van der Waals surface area contributed by atoms with Gasteiger partial charge < -0.3 is 15.2 Å². The lowest BCUT2D eigenvalue weighted by Gasteiger charge is -2.03. The maximum Gasteiger partial charge on any atom is 0.256 e. The van der Waals surface area contributed by atoms with Crippen LogP contribution in [0.3, 0.4) is 0 Å². The van der Waals surface area contributed by atoms with E-state index in [0.717, 1.165) is 13.1 Å². The molecule has 5 nitrogen and oxygen atoms in total. The van der Waals surface area contributed by atoms with Gasteiger partial charge in [0, 0.05) is 13.1 Å². The summed E-state index contributed by atoms with van der Waals surface area (Å²) >= 11 is 0. The van der Waals surface area contributed by atoms with E-state index in [1.54, 1.807) is 6.92 Å². The highest BCUT2D eigenvalue weighted by molar-refractivity contribution is 5.94. The Kier molecular flexibility index (Phi) is 4.12. The van der Waals surface area contributed by atoms with Crippen LogP contribution in [0.5, 0.6) is 0 Å². The standard InChI is InChI=1S/C9H15N3O2/c1-3-10-4-5-11-9(13)8-6-12-14-7(8)2/h6,10H,3-5H2,1-2H3,(H,11,13). The number of amides is 1. The van der Waals surface area contributed by atoms with Crippen molar-refractivity contribution in [1.29, 1.82) is 0 Å². The molecule has 0 aliphatic carbocycles. The van der Waals surface area contributed by atoms with E-state index in [2.05, 4.69) is 15.8 Å². The quantitative estimate of drug-likeness (QED) is 0.667. The number of hydrogen-bond acceptors (Lipinski definition) is 4. The van der Waals surface area contributed by atoms with Gasteiger partial charge in [0.15, 0.2) is 0 Å². The van der Waals surface area contributed by atoms with Gasteiger partial charge in [-0.15, -0.1) is 0 Å². The predicted octanol–water partition coefficient (Wildman–Crippen LogP) is 0.322. The normalized spacial score (nSPS) is 10.1. The number of likely N-dealkylation sites (N-methyl/N-ethyl adjacent to an activating group) is 1. The van der Waals surface area contributed by atoms with Gasteiger partial charge in [0.2, 0.25) is 0 Å². The summed E-state index contributed by atoms with van der Waals surface area (Å²) in [6.07, 6.45) is 1.43. The van der Waals surface area contributed by atoms with Gasteiger partial charge in [0.05, 0.1) is 6.20 Å². The Morgan fingerprint density at radius 3 is 2.93 bits per heavy atom. The Morgan fingerprint density at radius 2 is 2.36 bits per heavy atom. The van der Waals surface area contributed by atoms with Gasteiger partial charge in [-0.1, -0.05) is 12.1 Å². The van der Waals surface area contributed by atoms with Crippen molar-refractivity contribution in [2.75, 3.05) is 19.6 Å². The van der Waals surface area contributed by atoms with Gasteiger partial charge >= 0.3 is 0 Å². The first kappa shape index (κ1) is 10.7. The molecule has 0 unspecified atom stereocenters. The summed E-state index contributed by atoms with van der Waals surface area (Å²) in [6.45, 7) is 6.02. The second kappa shape index (κ2) is 5.39. The van der Waals surface area contributed by atoms with E-state index in [0.29, 0.717) is 17.9 Å². The number of rotatable bonds is 5. The smallest absolute Gasteiger partial charge is 0.256 e. The van der Waals surface area contributed by atoms with Crippen LogP contribution in [-0.4, -0.2) is 30.7 Å². The minimum atomic E-state index is -0.137. The van der Waals surface area contributed by atoms with Crippen LogP contribution in [0.25, 0.3) is 0 Å². The molecule has 5 heteroatoms. The molecular weight excluding hydrogens is 182 g/mol. The van der Waals surface area contributed by atoms with Crippen LogP contribution in [0.15, 0.2) is 10.7 Å². The number of aryl methyl sites for hydroxylation is 1. The van der Waals surface area contributed by atoms with Gasteiger partial charge in [0.25, 0.3) is 5.91 Å². The lowest BCUT2D eigenvalue weighted by molar-refractivity contribution is 0.0952. The van der Waals surface area contributed by atoms with E-state index in [1.165, 1.54) is 6.20 Å². The van der Waals surface area contributed by atoms with Gasteiger partial charge in [-0.25, -0.2) is 0 Å². The molecule has 14 heavy (non-hydrogen) atoms. The number of hydrogen-bond donors (Lipinski definition) is 2. The monoisotopic (exact) mass is 197 g/mol. The molecule has 0 saturated carbocycles. The molecule has 0 aliphatic rings. The van der Waals surface area contributed by atoms with Crippen molar-refractivity contribution in [2.45, 2.75) is 13.8 Å².